The minimum absolute atomic E-state index is 0.272. The van der Waals surface area contributed by atoms with Crippen LogP contribution in [-0.4, -0.2) is 17.6 Å². The third kappa shape index (κ3) is 2.52. The Morgan fingerprint density at radius 1 is 1.25 bits per heavy atom. The Labute approximate surface area is 90.4 Å². The number of anilines is 1. The van der Waals surface area contributed by atoms with Crippen LogP contribution in [0.4, 0.5) is 18.9 Å². The monoisotopic (exact) mass is 232 g/mol. The number of halogens is 3. The van der Waals surface area contributed by atoms with Crippen molar-refractivity contribution in [2.75, 3.05) is 5.32 Å². The molecule has 1 aromatic carbocycles. The zero-order valence-corrected chi connectivity index (χ0v) is 8.51. The highest BCUT2D eigenvalue weighted by Crippen LogP contribution is 2.28. The fourth-order valence-electron chi connectivity index (χ4n) is 0.911. The van der Waals surface area contributed by atoms with Gasteiger partial charge in [0.05, 0.1) is 0 Å². The van der Waals surface area contributed by atoms with Crippen molar-refractivity contribution in [3.63, 3.8) is 0 Å². The first-order valence-electron chi connectivity index (χ1n) is 4.47. The van der Waals surface area contributed by atoms with Crippen molar-refractivity contribution in [2.24, 2.45) is 5.73 Å². The quantitative estimate of drug-likeness (QED) is 0.818. The summed E-state index contributed by atoms with van der Waals surface area (Å²) in [5, 5.41) is 2.10. The molecular weight excluding hydrogens is 221 g/mol. The van der Waals surface area contributed by atoms with Crippen molar-refractivity contribution in [3.05, 3.63) is 30.3 Å². The van der Waals surface area contributed by atoms with Crippen LogP contribution in [0.1, 0.15) is 6.92 Å². The lowest BCUT2D eigenvalue weighted by atomic mass is 10.0. The number of hydrogen-bond acceptors (Lipinski definition) is 2. The van der Waals surface area contributed by atoms with E-state index in [0.717, 1.165) is 0 Å². The summed E-state index contributed by atoms with van der Waals surface area (Å²) in [6.07, 6.45) is -4.79. The first-order chi connectivity index (χ1) is 7.25. The molecule has 0 aliphatic heterocycles. The Bertz CT molecular complexity index is 373. The minimum atomic E-state index is -4.79. The summed E-state index contributed by atoms with van der Waals surface area (Å²) in [5.74, 6) is -1.29. The van der Waals surface area contributed by atoms with Crippen LogP contribution in [0.5, 0.6) is 0 Å². The van der Waals surface area contributed by atoms with E-state index < -0.39 is 17.6 Å². The molecule has 0 fully saturated rings. The third-order valence-electron chi connectivity index (χ3n) is 2.09. The van der Waals surface area contributed by atoms with Crippen molar-refractivity contribution in [2.45, 2.75) is 18.6 Å². The predicted octanol–water partition coefficient (Wildman–Crippen LogP) is 1.90. The number of nitrogens with one attached hydrogen (secondary N) is 1. The second-order valence-electron chi connectivity index (χ2n) is 3.52. The smallest absolute Gasteiger partial charge is 0.324 e. The van der Waals surface area contributed by atoms with E-state index in [1.54, 1.807) is 18.2 Å². The molecule has 0 saturated carbocycles. The van der Waals surface area contributed by atoms with E-state index in [9.17, 15) is 18.0 Å². The molecule has 1 amide bonds. The van der Waals surface area contributed by atoms with Crippen LogP contribution in [0, 0.1) is 0 Å². The highest BCUT2D eigenvalue weighted by Gasteiger charge is 2.53. The molecule has 0 aromatic heterocycles. The van der Waals surface area contributed by atoms with E-state index >= 15 is 0 Å². The summed E-state index contributed by atoms with van der Waals surface area (Å²) >= 11 is 0. The largest absolute Gasteiger partial charge is 0.415 e. The number of rotatable bonds is 2. The summed E-state index contributed by atoms with van der Waals surface area (Å²) in [6.45, 7) is 0.630. The molecule has 0 radical (unpaired) electrons. The van der Waals surface area contributed by atoms with Gasteiger partial charge in [-0.2, -0.15) is 13.2 Å². The summed E-state index contributed by atoms with van der Waals surface area (Å²) in [4.78, 5) is 11.3. The molecule has 0 heterocycles. The Hall–Kier alpha value is -1.56. The van der Waals surface area contributed by atoms with Gasteiger partial charge in [-0.15, -0.1) is 0 Å². The maximum Gasteiger partial charge on any atom is 0.415 e. The van der Waals surface area contributed by atoms with Crippen LogP contribution in [0.15, 0.2) is 30.3 Å². The first kappa shape index (κ1) is 12.5. The van der Waals surface area contributed by atoms with Crippen molar-refractivity contribution >= 4 is 11.6 Å². The van der Waals surface area contributed by atoms with Gasteiger partial charge in [0.25, 0.3) is 5.91 Å². The van der Waals surface area contributed by atoms with E-state index in [0.29, 0.717) is 6.92 Å². The van der Waals surface area contributed by atoms with Gasteiger partial charge in [0.2, 0.25) is 0 Å². The summed E-state index contributed by atoms with van der Waals surface area (Å²) in [5.41, 5.74) is 2.32. The van der Waals surface area contributed by atoms with Crippen molar-refractivity contribution < 1.29 is 18.0 Å². The van der Waals surface area contributed by atoms with Crippen LogP contribution in [0.25, 0.3) is 0 Å². The number of carbonyl (C=O) groups excluding carboxylic acids is 1. The molecule has 1 aromatic rings. The van der Waals surface area contributed by atoms with Crippen LogP contribution < -0.4 is 11.1 Å². The molecule has 0 aliphatic rings. The summed E-state index contributed by atoms with van der Waals surface area (Å²) in [7, 11) is 0. The molecule has 88 valence electrons. The van der Waals surface area contributed by atoms with Gasteiger partial charge in [0.1, 0.15) is 0 Å². The number of para-hydroxylation sites is 1. The average Bonchev–Trinajstić information content (AvgIpc) is 2.17. The minimum Gasteiger partial charge on any atom is -0.324 e. The SMILES string of the molecule is CC(N)(C(=O)Nc1ccccc1)C(F)(F)F. The predicted molar refractivity (Wildman–Crippen MR) is 53.7 cm³/mol. The van der Waals surface area contributed by atoms with E-state index in [4.69, 9.17) is 5.73 Å². The average molecular weight is 232 g/mol. The summed E-state index contributed by atoms with van der Waals surface area (Å²) < 4.78 is 37.2. The van der Waals surface area contributed by atoms with Gasteiger partial charge in [0, 0.05) is 5.69 Å². The molecule has 0 saturated heterocycles. The van der Waals surface area contributed by atoms with Crippen molar-refractivity contribution in [3.8, 4) is 0 Å². The Morgan fingerprint density at radius 3 is 2.19 bits per heavy atom. The lowest BCUT2D eigenvalue weighted by Crippen LogP contribution is -2.59. The molecule has 3 nitrogen and oxygen atoms in total. The van der Waals surface area contributed by atoms with Crippen LogP contribution >= 0.6 is 0 Å². The maximum atomic E-state index is 12.4. The fraction of sp³-hybridized carbons (Fsp3) is 0.300. The zero-order valence-electron chi connectivity index (χ0n) is 8.51. The van der Waals surface area contributed by atoms with Gasteiger partial charge < -0.3 is 11.1 Å². The molecule has 6 heteroatoms. The summed E-state index contributed by atoms with van der Waals surface area (Å²) in [6, 6.07) is 7.82. The lowest BCUT2D eigenvalue weighted by Gasteiger charge is -2.26. The maximum absolute atomic E-state index is 12.4. The van der Waals surface area contributed by atoms with Crippen molar-refractivity contribution in [1.82, 2.24) is 0 Å². The van der Waals surface area contributed by atoms with Gasteiger partial charge in [-0.25, -0.2) is 0 Å². The lowest BCUT2D eigenvalue weighted by molar-refractivity contribution is -0.184. The molecular formula is C10H11F3N2O. The third-order valence-corrected chi connectivity index (χ3v) is 2.09. The molecule has 3 N–H and O–H groups in total. The number of alkyl halides is 3. The zero-order chi connectivity index (χ0) is 12.4. The molecule has 0 bridgehead atoms. The van der Waals surface area contributed by atoms with Gasteiger partial charge in [0.15, 0.2) is 5.54 Å². The fourth-order valence-corrected chi connectivity index (χ4v) is 0.911. The van der Waals surface area contributed by atoms with Gasteiger partial charge in [-0.05, 0) is 19.1 Å². The highest BCUT2D eigenvalue weighted by atomic mass is 19.4. The molecule has 1 rings (SSSR count). The molecule has 1 unspecified atom stereocenters. The van der Waals surface area contributed by atoms with E-state index in [1.165, 1.54) is 12.1 Å². The molecule has 16 heavy (non-hydrogen) atoms. The normalized spacial score (nSPS) is 15.3. The van der Waals surface area contributed by atoms with E-state index in [-0.39, 0.29) is 5.69 Å². The van der Waals surface area contributed by atoms with E-state index in [2.05, 4.69) is 5.32 Å². The van der Waals surface area contributed by atoms with Crippen LogP contribution in [0.3, 0.4) is 0 Å². The van der Waals surface area contributed by atoms with Gasteiger partial charge in [-0.3, -0.25) is 4.79 Å². The topological polar surface area (TPSA) is 55.1 Å². The van der Waals surface area contributed by atoms with Gasteiger partial charge in [-0.1, -0.05) is 18.2 Å². The number of carbonyl (C=O) groups is 1. The number of amides is 1. The Morgan fingerprint density at radius 2 is 1.75 bits per heavy atom. The number of nitrogens with two attached hydrogens (primary N) is 1. The molecule has 0 aliphatic carbocycles. The highest BCUT2D eigenvalue weighted by molar-refractivity contribution is 5.98. The first-order valence-corrected chi connectivity index (χ1v) is 4.47. The Balaban J connectivity index is 2.81. The van der Waals surface area contributed by atoms with Crippen LogP contribution in [-0.2, 0) is 4.79 Å². The van der Waals surface area contributed by atoms with Gasteiger partial charge >= 0.3 is 6.18 Å². The standard InChI is InChI=1S/C10H11F3N2O/c1-9(14,10(11,12)13)8(16)15-7-5-3-2-4-6-7/h2-6H,14H2,1H3,(H,15,16). The van der Waals surface area contributed by atoms with Crippen LogP contribution in [0.2, 0.25) is 0 Å². The Kier molecular flexibility index (Phi) is 3.23. The van der Waals surface area contributed by atoms with Crippen molar-refractivity contribution in [1.29, 1.82) is 0 Å². The second kappa shape index (κ2) is 4.13. The number of benzene rings is 1. The van der Waals surface area contributed by atoms with E-state index in [1.807, 2.05) is 0 Å². The molecule has 1 atom stereocenters. The second-order valence-corrected chi connectivity index (χ2v) is 3.52. The molecule has 0 spiro atoms. The number of hydrogen-bond donors (Lipinski definition) is 2.